The van der Waals surface area contributed by atoms with Crippen molar-refractivity contribution in [3.05, 3.63) is 68.5 Å². The number of benzene rings is 2. The van der Waals surface area contributed by atoms with Crippen LogP contribution in [0.5, 0.6) is 0 Å². The van der Waals surface area contributed by atoms with E-state index in [4.69, 9.17) is 23.2 Å². The summed E-state index contributed by atoms with van der Waals surface area (Å²) in [6.45, 7) is 1.96. The van der Waals surface area contributed by atoms with E-state index in [9.17, 15) is 4.79 Å². The topological polar surface area (TPSA) is 42.0 Å². The second-order valence-corrected chi connectivity index (χ2v) is 6.74. The third-order valence-electron chi connectivity index (χ3n) is 3.23. The van der Waals surface area contributed by atoms with E-state index in [2.05, 4.69) is 10.3 Å². The van der Waals surface area contributed by atoms with Gasteiger partial charge in [0.1, 0.15) is 0 Å². The fourth-order valence-electron chi connectivity index (χ4n) is 2.13. The third kappa shape index (κ3) is 3.55. The Morgan fingerprint density at radius 3 is 2.70 bits per heavy atom. The molecule has 1 N–H and O–H groups in total. The Bertz CT molecular complexity index is 877. The second kappa shape index (κ2) is 6.71. The van der Waals surface area contributed by atoms with Gasteiger partial charge in [-0.1, -0.05) is 41.4 Å². The first-order valence-electron chi connectivity index (χ1n) is 6.82. The van der Waals surface area contributed by atoms with Gasteiger partial charge < -0.3 is 5.32 Å². The standard InChI is InChI=1S/C17H12Cl2N2OS/c1-10-20-15(9-23-10)11-4-2-5-12(8-11)21-17(22)13-6-3-7-14(18)16(13)19/h2-9H,1H3,(H,21,22). The lowest BCUT2D eigenvalue weighted by Crippen LogP contribution is -2.12. The lowest BCUT2D eigenvalue weighted by Gasteiger charge is -2.08. The number of nitrogens with one attached hydrogen (secondary N) is 1. The molecule has 0 spiro atoms. The van der Waals surface area contributed by atoms with Crippen LogP contribution in [0, 0.1) is 6.92 Å². The average Bonchev–Trinajstić information content (AvgIpc) is 2.97. The second-order valence-electron chi connectivity index (χ2n) is 4.89. The van der Waals surface area contributed by atoms with Crippen molar-refractivity contribution in [2.45, 2.75) is 6.92 Å². The molecule has 2 aromatic carbocycles. The number of hydrogen-bond acceptors (Lipinski definition) is 3. The third-order valence-corrected chi connectivity index (χ3v) is 4.82. The SMILES string of the molecule is Cc1nc(-c2cccc(NC(=O)c3cccc(Cl)c3Cl)c2)cs1. The van der Waals surface area contributed by atoms with Crippen LogP contribution in [0.2, 0.25) is 10.0 Å². The predicted octanol–water partition coefficient (Wildman–Crippen LogP) is 5.68. The van der Waals surface area contributed by atoms with E-state index in [0.29, 0.717) is 16.3 Å². The number of nitrogens with zero attached hydrogens (tertiary/aromatic N) is 1. The molecule has 3 aromatic rings. The Labute approximate surface area is 147 Å². The molecule has 0 aliphatic heterocycles. The van der Waals surface area contributed by atoms with Gasteiger partial charge in [0, 0.05) is 16.6 Å². The summed E-state index contributed by atoms with van der Waals surface area (Å²) in [4.78, 5) is 16.8. The molecule has 23 heavy (non-hydrogen) atoms. The van der Waals surface area contributed by atoms with Gasteiger partial charge in [0.05, 0.1) is 26.3 Å². The highest BCUT2D eigenvalue weighted by Crippen LogP contribution is 2.27. The normalized spacial score (nSPS) is 10.6. The number of thiazole rings is 1. The van der Waals surface area contributed by atoms with Gasteiger partial charge in [0.2, 0.25) is 0 Å². The Balaban J connectivity index is 1.86. The van der Waals surface area contributed by atoms with Crippen LogP contribution in [0.4, 0.5) is 5.69 Å². The van der Waals surface area contributed by atoms with Crippen molar-refractivity contribution in [3.63, 3.8) is 0 Å². The molecule has 0 saturated carbocycles. The van der Waals surface area contributed by atoms with E-state index in [1.54, 1.807) is 29.5 Å². The highest BCUT2D eigenvalue weighted by molar-refractivity contribution is 7.09. The fourth-order valence-corrected chi connectivity index (χ4v) is 3.14. The van der Waals surface area contributed by atoms with Gasteiger partial charge in [0.25, 0.3) is 5.91 Å². The number of halogens is 2. The molecule has 0 radical (unpaired) electrons. The van der Waals surface area contributed by atoms with Crippen molar-refractivity contribution < 1.29 is 4.79 Å². The lowest BCUT2D eigenvalue weighted by molar-refractivity contribution is 0.102. The number of aromatic nitrogens is 1. The molecular formula is C17H12Cl2N2OS. The zero-order valence-electron chi connectivity index (χ0n) is 12.1. The van der Waals surface area contributed by atoms with Crippen molar-refractivity contribution in [2.75, 3.05) is 5.32 Å². The summed E-state index contributed by atoms with van der Waals surface area (Å²) in [6.07, 6.45) is 0. The molecule has 6 heteroatoms. The zero-order chi connectivity index (χ0) is 16.4. The van der Waals surface area contributed by atoms with Gasteiger partial charge >= 0.3 is 0 Å². The van der Waals surface area contributed by atoms with Crippen LogP contribution in [-0.4, -0.2) is 10.9 Å². The number of carbonyl (C=O) groups is 1. The van der Waals surface area contributed by atoms with Crippen molar-refractivity contribution in [1.82, 2.24) is 4.98 Å². The molecule has 0 atom stereocenters. The lowest BCUT2D eigenvalue weighted by atomic mass is 10.1. The number of hydrogen-bond donors (Lipinski definition) is 1. The van der Waals surface area contributed by atoms with E-state index in [-0.39, 0.29) is 10.9 Å². The number of amides is 1. The van der Waals surface area contributed by atoms with Crippen LogP contribution in [0.15, 0.2) is 47.8 Å². The Morgan fingerprint density at radius 2 is 1.96 bits per heavy atom. The molecule has 3 nitrogen and oxygen atoms in total. The van der Waals surface area contributed by atoms with Crippen molar-refractivity contribution >= 4 is 46.1 Å². The average molecular weight is 363 g/mol. The first-order chi connectivity index (χ1) is 11.0. The minimum Gasteiger partial charge on any atom is -0.322 e. The molecule has 0 fully saturated rings. The molecule has 0 aliphatic carbocycles. The summed E-state index contributed by atoms with van der Waals surface area (Å²) in [5, 5.41) is 6.43. The number of aryl methyl sites for hydroxylation is 1. The van der Waals surface area contributed by atoms with Crippen LogP contribution in [0.1, 0.15) is 15.4 Å². The highest BCUT2D eigenvalue weighted by atomic mass is 35.5. The van der Waals surface area contributed by atoms with Gasteiger partial charge in [-0.05, 0) is 31.2 Å². The summed E-state index contributed by atoms with van der Waals surface area (Å²) < 4.78 is 0. The first-order valence-corrected chi connectivity index (χ1v) is 8.46. The molecule has 0 unspecified atom stereocenters. The predicted molar refractivity (Wildman–Crippen MR) is 96.7 cm³/mol. The molecule has 1 aromatic heterocycles. The molecule has 116 valence electrons. The van der Waals surface area contributed by atoms with Gasteiger partial charge in [-0.3, -0.25) is 4.79 Å². The van der Waals surface area contributed by atoms with Crippen LogP contribution in [-0.2, 0) is 0 Å². The number of rotatable bonds is 3. The monoisotopic (exact) mass is 362 g/mol. The van der Waals surface area contributed by atoms with Crippen molar-refractivity contribution in [3.8, 4) is 11.3 Å². The van der Waals surface area contributed by atoms with E-state index >= 15 is 0 Å². The fraction of sp³-hybridized carbons (Fsp3) is 0.0588. The molecule has 0 aliphatic rings. The number of anilines is 1. The molecular weight excluding hydrogens is 351 g/mol. The minimum absolute atomic E-state index is 0.248. The number of carbonyl (C=O) groups excluding carboxylic acids is 1. The Hall–Kier alpha value is -1.88. The largest absolute Gasteiger partial charge is 0.322 e. The van der Waals surface area contributed by atoms with Crippen LogP contribution in [0.3, 0.4) is 0 Å². The quantitative estimate of drug-likeness (QED) is 0.651. The molecule has 0 saturated heterocycles. The van der Waals surface area contributed by atoms with Crippen LogP contribution in [0.25, 0.3) is 11.3 Å². The smallest absolute Gasteiger partial charge is 0.257 e. The van der Waals surface area contributed by atoms with Gasteiger partial charge in [-0.25, -0.2) is 4.98 Å². The molecule has 1 heterocycles. The van der Waals surface area contributed by atoms with E-state index < -0.39 is 0 Å². The minimum atomic E-state index is -0.302. The zero-order valence-corrected chi connectivity index (χ0v) is 14.5. The summed E-state index contributed by atoms with van der Waals surface area (Å²) >= 11 is 13.6. The summed E-state index contributed by atoms with van der Waals surface area (Å²) in [6, 6.07) is 12.5. The van der Waals surface area contributed by atoms with Crippen LogP contribution >= 0.6 is 34.5 Å². The van der Waals surface area contributed by atoms with E-state index in [1.165, 1.54) is 0 Å². The van der Waals surface area contributed by atoms with Crippen LogP contribution < -0.4 is 5.32 Å². The maximum Gasteiger partial charge on any atom is 0.257 e. The Kier molecular flexibility index (Phi) is 4.66. The van der Waals surface area contributed by atoms with Gasteiger partial charge in [-0.15, -0.1) is 11.3 Å². The Morgan fingerprint density at radius 1 is 1.17 bits per heavy atom. The van der Waals surface area contributed by atoms with E-state index in [0.717, 1.165) is 16.3 Å². The molecule has 3 rings (SSSR count). The summed E-state index contributed by atoms with van der Waals surface area (Å²) in [5.74, 6) is -0.302. The van der Waals surface area contributed by atoms with E-state index in [1.807, 2.05) is 36.6 Å². The summed E-state index contributed by atoms with van der Waals surface area (Å²) in [7, 11) is 0. The van der Waals surface area contributed by atoms with Gasteiger partial charge in [0.15, 0.2) is 0 Å². The molecule has 0 bridgehead atoms. The summed E-state index contributed by atoms with van der Waals surface area (Å²) in [5.41, 5.74) is 2.86. The maximum absolute atomic E-state index is 12.4. The first kappa shape index (κ1) is 16.0. The van der Waals surface area contributed by atoms with Crippen molar-refractivity contribution in [1.29, 1.82) is 0 Å². The van der Waals surface area contributed by atoms with Gasteiger partial charge in [-0.2, -0.15) is 0 Å². The highest BCUT2D eigenvalue weighted by Gasteiger charge is 2.13. The molecule has 1 amide bonds. The van der Waals surface area contributed by atoms with Crippen molar-refractivity contribution in [2.24, 2.45) is 0 Å². The maximum atomic E-state index is 12.4.